The number of allylic oxidation sites excluding steroid dienone is 1. The van der Waals surface area contributed by atoms with E-state index in [0.29, 0.717) is 5.39 Å². The Morgan fingerprint density at radius 2 is 2.00 bits per heavy atom. The van der Waals surface area contributed by atoms with Crippen LogP contribution < -0.4 is 0 Å². The fourth-order valence-corrected chi connectivity index (χ4v) is 0. The van der Waals surface area contributed by atoms with Gasteiger partial charge in [0.1, 0.15) is 0 Å². The van der Waals surface area contributed by atoms with Crippen LogP contribution in [0.3, 0.4) is 0 Å². The first-order chi connectivity index (χ1) is 1.91. The van der Waals surface area contributed by atoms with Crippen molar-refractivity contribution in [2.75, 3.05) is 0 Å². The summed E-state index contributed by atoms with van der Waals surface area (Å²) in [5.41, 5.74) is 0. The van der Waals surface area contributed by atoms with Gasteiger partial charge in [0.2, 0.25) is 0 Å². The fourth-order valence-electron chi connectivity index (χ4n) is 0. The maximum Gasteiger partial charge on any atom is -0.107 e. The molecule has 0 atom stereocenters. The molecule has 0 spiro atoms. The Balaban J connectivity index is 0. The molecule has 0 saturated carbocycles. The molecule has 0 bridgehead atoms. The average Bonchev–Trinajstić information content (AvgIpc) is 1.37. The van der Waals surface area contributed by atoms with E-state index in [4.69, 9.17) is 0 Å². The van der Waals surface area contributed by atoms with Gasteiger partial charge in [-0.05, 0) is 0 Å². The summed E-state index contributed by atoms with van der Waals surface area (Å²) in [7, 11) is 0. The van der Waals surface area contributed by atoms with Crippen LogP contribution in [0.4, 0.5) is 0 Å². The third kappa shape index (κ3) is 11.3. The van der Waals surface area contributed by atoms with Gasteiger partial charge in [0.05, 0.1) is 0 Å². The molecule has 0 saturated heterocycles. The van der Waals surface area contributed by atoms with E-state index in [1.807, 2.05) is 0 Å². The summed E-state index contributed by atoms with van der Waals surface area (Å²) >= 11 is 4.20. The van der Waals surface area contributed by atoms with Gasteiger partial charge in [0, 0.05) is 0 Å². The van der Waals surface area contributed by atoms with Crippen molar-refractivity contribution in [3.8, 4) is 0 Å². The van der Waals surface area contributed by atoms with Gasteiger partial charge in [0.25, 0.3) is 0 Å². The first-order valence-electron chi connectivity index (χ1n) is 1.04. The number of rotatable bonds is 1. The molecule has 35 valence electrons. The topological polar surface area (TPSA) is 0 Å². The Morgan fingerprint density at radius 3 is 2.00 bits per heavy atom. The normalized spacial score (nSPS) is 5.20. The van der Waals surface area contributed by atoms with Crippen LogP contribution in [0.2, 0.25) is 5.39 Å². The first-order valence-corrected chi connectivity index (χ1v) is 1.74. The van der Waals surface area contributed by atoms with E-state index in [9.17, 15) is 0 Å². The summed E-state index contributed by atoms with van der Waals surface area (Å²) in [6.45, 7) is 3.39. The van der Waals surface area contributed by atoms with Crippen molar-refractivity contribution in [2.45, 2.75) is 5.39 Å². The van der Waals surface area contributed by atoms with Crippen molar-refractivity contribution < 1.29 is 15.5 Å². The number of hydrogen-bond acceptors (Lipinski definition) is 0. The van der Waals surface area contributed by atoms with Gasteiger partial charge in [0.15, 0.2) is 0 Å². The standard InChI is InChI=1S/C3H5.HI.Ni/c1-3-2;;/h3H,1-2H2;1H;. The third-order valence-corrected chi connectivity index (χ3v) is 0.376. The molecule has 0 aromatic heterocycles. The van der Waals surface area contributed by atoms with E-state index >= 15 is 0 Å². The quantitative estimate of drug-likeness (QED) is 0.364. The van der Waals surface area contributed by atoms with Crippen LogP contribution in [-0.2, 0) is 15.5 Å². The summed E-state index contributed by atoms with van der Waals surface area (Å²) in [6, 6.07) is 0. The third-order valence-electron chi connectivity index (χ3n) is 0.0913. The van der Waals surface area contributed by atoms with Gasteiger partial charge in [-0.2, -0.15) is 0 Å². The fraction of sp³-hybridized carbons (Fsp3) is 0.333. The van der Waals surface area contributed by atoms with Crippen LogP contribution in [0.15, 0.2) is 12.7 Å². The van der Waals surface area contributed by atoms with Crippen molar-refractivity contribution >= 4 is 24.0 Å². The molecule has 0 nitrogen and oxygen atoms in total. The van der Waals surface area contributed by atoms with Crippen molar-refractivity contribution in [1.29, 1.82) is 0 Å². The Labute approximate surface area is 57.4 Å². The van der Waals surface area contributed by atoms with Crippen LogP contribution in [0.25, 0.3) is 0 Å². The summed E-state index contributed by atoms with van der Waals surface area (Å²) < 4.78 is 0. The predicted molar refractivity (Wildman–Crippen MR) is 30.4 cm³/mol. The van der Waals surface area contributed by atoms with Crippen molar-refractivity contribution in [1.82, 2.24) is 0 Å². The monoisotopic (exact) mass is 227 g/mol. The summed E-state index contributed by atoms with van der Waals surface area (Å²) in [5, 5.41) is 0.708. The summed E-state index contributed by atoms with van der Waals surface area (Å²) in [4.78, 5) is 0. The van der Waals surface area contributed by atoms with Crippen molar-refractivity contribution in [3.63, 3.8) is 0 Å². The molecule has 0 fully saturated rings. The average molecular weight is 228 g/mol. The van der Waals surface area contributed by atoms with E-state index in [1.165, 1.54) is 0 Å². The van der Waals surface area contributed by atoms with E-state index in [2.05, 4.69) is 22.0 Å². The smallest absolute Gasteiger partial charge is 0.107 e. The molecule has 0 rings (SSSR count). The van der Waals surface area contributed by atoms with Gasteiger partial charge in [-0.1, -0.05) is 0 Å². The SMILES string of the molecule is C=C[CH2][Ni].I. The van der Waals surface area contributed by atoms with Crippen LogP contribution in [0, 0.1) is 0 Å². The zero-order valence-electron chi connectivity index (χ0n) is 2.72. The molecule has 0 radical (unpaired) electrons. The maximum atomic E-state index is 4.20. The van der Waals surface area contributed by atoms with Gasteiger partial charge in [-0.15, -0.1) is 24.0 Å². The molecule has 5 heavy (non-hydrogen) atoms. The van der Waals surface area contributed by atoms with Gasteiger partial charge < -0.3 is 0 Å². The first kappa shape index (κ1) is 9.35. The van der Waals surface area contributed by atoms with Crippen LogP contribution in [0.1, 0.15) is 0 Å². The Kier molecular flexibility index (Phi) is 16.6. The largest absolute Gasteiger partial charge is 0.107 e. The maximum absolute atomic E-state index is 4.20. The number of hydrogen-bond donors (Lipinski definition) is 0. The molecule has 2 heteroatoms. The molecule has 0 unspecified atom stereocenters. The molecule has 0 aromatic carbocycles. The predicted octanol–water partition coefficient (Wildman–Crippen LogP) is 1.76. The molecule has 0 aliphatic heterocycles. The second-order valence-corrected chi connectivity index (χ2v) is 0.821. The molecule has 0 aliphatic carbocycles. The number of halogens is 1. The second-order valence-electron chi connectivity index (χ2n) is 0.418. The van der Waals surface area contributed by atoms with Gasteiger partial charge in [-0.25, -0.2) is 0 Å². The molecular weight excluding hydrogens is 222 g/mol. The van der Waals surface area contributed by atoms with Crippen LogP contribution in [-0.4, -0.2) is 0 Å². The van der Waals surface area contributed by atoms with Crippen molar-refractivity contribution in [2.24, 2.45) is 0 Å². The van der Waals surface area contributed by atoms with E-state index < -0.39 is 0 Å². The van der Waals surface area contributed by atoms with E-state index in [0.717, 1.165) is 0 Å². The Bertz CT molecular complexity index is 20.9. The Morgan fingerprint density at radius 1 is 1.80 bits per heavy atom. The van der Waals surface area contributed by atoms with Gasteiger partial charge in [-0.3, -0.25) is 0 Å². The zero-order valence-corrected chi connectivity index (χ0v) is 6.03. The minimum absolute atomic E-state index is 0. The van der Waals surface area contributed by atoms with E-state index in [-0.39, 0.29) is 24.0 Å². The molecule has 0 N–H and O–H groups in total. The second kappa shape index (κ2) is 8.88. The molecule has 0 heterocycles. The van der Waals surface area contributed by atoms with E-state index in [1.54, 1.807) is 6.08 Å². The Hall–Kier alpha value is 0.964. The molecular formula is C3H6INi. The summed E-state index contributed by atoms with van der Waals surface area (Å²) in [5.74, 6) is 0. The molecule has 0 amide bonds. The minimum atomic E-state index is 0. The minimum Gasteiger partial charge on any atom is -0.107 e. The van der Waals surface area contributed by atoms with Gasteiger partial charge >= 0.3 is 33.5 Å². The molecule has 0 aromatic rings. The van der Waals surface area contributed by atoms with Crippen LogP contribution >= 0.6 is 24.0 Å². The zero-order chi connectivity index (χ0) is 3.41. The summed E-state index contributed by atoms with van der Waals surface area (Å²) in [6.07, 6.45) is 1.71. The van der Waals surface area contributed by atoms with Crippen LogP contribution in [0.5, 0.6) is 0 Å². The molecule has 0 aliphatic rings. The van der Waals surface area contributed by atoms with Crippen molar-refractivity contribution in [3.05, 3.63) is 12.7 Å².